The maximum atomic E-state index is 13.5. The van der Waals surface area contributed by atoms with Crippen LogP contribution in [-0.4, -0.2) is 58.2 Å². The van der Waals surface area contributed by atoms with E-state index < -0.39 is 0 Å². The van der Waals surface area contributed by atoms with E-state index in [4.69, 9.17) is 28.3 Å². The van der Waals surface area contributed by atoms with Crippen molar-refractivity contribution in [2.75, 3.05) is 32.7 Å². The van der Waals surface area contributed by atoms with Gasteiger partial charge in [-0.2, -0.15) is 5.10 Å². The van der Waals surface area contributed by atoms with Crippen LogP contribution in [-0.2, 0) is 12.8 Å². The van der Waals surface area contributed by atoms with Crippen LogP contribution in [0, 0.1) is 5.92 Å². The van der Waals surface area contributed by atoms with Crippen LogP contribution < -0.4 is 0 Å². The van der Waals surface area contributed by atoms with Crippen molar-refractivity contribution >= 4 is 29.1 Å². The SMILES string of the molecule is CCc1c(C(=O)N2CCN(CC)CC2)c(CC(C)C)nn1-c1ccc(Cl)c(Cl)c1. The van der Waals surface area contributed by atoms with Gasteiger partial charge in [-0.25, -0.2) is 4.68 Å². The number of halogens is 2. The van der Waals surface area contributed by atoms with Crippen molar-refractivity contribution in [3.05, 3.63) is 45.2 Å². The van der Waals surface area contributed by atoms with Gasteiger partial charge in [0.25, 0.3) is 5.91 Å². The van der Waals surface area contributed by atoms with Crippen LogP contribution in [0.2, 0.25) is 10.0 Å². The zero-order chi connectivity index (χ0) is 21.1. The highest BCUT2D eigenvalue weighted by Gasteiger charge is 2.29. The van der Waals surface area contributed by atoms with Crippen LogP contribution in [0.15, 0.2) is 18.2 Å². The largest absolute Gasteiger partial charge is 0.336 e. The molecule has 0 N–H and O–H groups in total. The Balaban J connectivity index is 2.03. The predicted molar refractivity (Wildman–Crippen MR) is 120 cm³/mol. The lowest BCUT2D eigenvalue weighted by molar-refractivity contribution is 0.0641. The minimum absolute atomic E-state index is 0.0968. The first-order valence-corrected chi connectivity index (χ1v) is 11.2. The third kappa shape index (κ3) is 4.79. The molecule has 5 nitrogen and oxygen atoms in total. The topological polar surface area (TPSA) is 41.4 Å². The van der Waals surface area contributed by atoms with Crippen molar-refractivity contribution in [3.8, 4) is 5.69 Å². The minimum Gasteiger partial charge on any atom is -0.336 e. The van der Waals surface area contributed by atoms with E-state index in [2.05, 4.69) is 32.6 Å². The Hall–Kier alpha value is -1.56. The summed E-state index contributed by atoms with van der Waals surface area (Å²) in [5.74, 6) is 0.500. The molecule has 0 atom stereocenters. The Bertz CT molecular complexity index is 870. The first kappa shape index (κ1) is 22.1. The van der Waals surface area contributed by atoms with Gasteiger partial charge in [0.2, 0.25) is 0 Å². The fourth-order valence-corrected chi connectivity index (χ4v) is 4.15. The van der Waals surface area contributed by atoms with Crippen molar-refractivity contribution in [3.63, 3.8) is 0 Å². The van der Waals surface area contributed by atoms with E-state index in [0.717, 1.165) is 61.8 Å². The number of benzene rings is 1. The van der Waals surface area contributed by atoms with Crippen molar-refractivity contribution in [1.82, 2.24) is 19.6 Å². The van der Waals surface area contributed by atoms with E-state index >= 15 is 0 Å². The smallest absolute Gasteiger partial charge is 0.257 e. The molecule has 1 aromatic carbocycles. The number of aromatic nitrogens is 2. The summed E-state index contributed by atoms with van der Waals surface area (Å²) >= 11 is 12.3. The van der Waals surface area contributed by atoms with Crippen LogP contribution in [0.25, 0.3) is 5.69 Å². The van der Waals surface area contributed by atoms with Crippen molar-refractivity contribution < 1.29 is 4.79 Å². The Kier molecular flexibility index (Phi) is 7.25. The first-order chi connectivity index (χ1) is 13.8. The van der Waals surface area contributed by atoms with E-state index in [0.29, 0.717) is 22.4 Å². The fourth-order valence-electron chi connectivity index (χ4n) is 3.86. The Morgan fingerprint density at radius 3 is 2.34 bits per heavy atom. The molecule has 2 heterocycles. The lowest BCUT2D eigenvalue weighted by atomic mass is 10.0. The van der Waals surface area contributed by atoms with Crippen LogP contribution >= 0.6 is 23.2 Å². The Morgan fingerprint density at radius 2 is 1.79 bits per heavy atom. The number of carbonyl (C=O) groups is 1. The summed E-state index contributed by atoms with van der Waals surface area (Å²) in [6.07, 6.45) is 1.47. The van der Waals surface area contributed by atoms with Crippen LogP contribution in [0.1, 0.15) is 49.4 Å². The third-order valence-corrected chi connectivity index (χ3v) is 6.20. The van der Waals surface area contributed by atoms with E-state index in [9.17, 15) is 4.79 Å². The summed E-state index contributed by atoms with van der Waals surface area (Å²) in [7, 11) is 0. The minimum atomic E-state index is 0.0968. The quantitative estimate of drug-likeness (QED) is 0.657. The first-order valence-electron chi connectivity index (χ1n) is 10.4. The predicted octanol–water partition coefficient (Wildman–Crippen LogP) is 4.72. The summed E-state index contributed by atoms with van der Waals surface area (Å²) in [5, 5.41) is 5.86. The second-order valence-electron chi connectivity index (χ2n) is 7.96. The molecule has 1 aliphatic rings. The van der Waals surface area contributed by atoms with Crippen LogP contribution in [0.5, 0.6) is 0 Å². The molecule has 1 fully saturated rings. The summed E-state index contributed by atoms with van der Waals surface area (Å²) in [4.78, 5) is 17.9. The van der Waals surface area contributed by atoms with Gasteiger partial charge in [-0.1, -0.05) is 50.9 Å². The highest BCUT2D eigenvalue weighted by atomic mass is 35.5. The van der Waals surface area contributed by atoms with Crippen LogP contribution in [0.3, 0.4) is 0 Å². The molecule has 0 spiro atoms. The highest BCUT2D eigenvalue weighted by Crippen LogP contribution is 2.28. The maximum absolute atomic E-state index is 13.5. The molecule has 3 rings (SSSR count). The molecule has 0 saturated carbocycles. The maximum Gasteiger partial charge on any atom is 0.257 e. The number of carbonyl (C=O) groups excluding carboxylic acids is 1. The van der Waals surface area contributed by atoms with Crippen LogP contribution in [0.4, 0.5) is 0 Å². The number of hydrogen-bond donors (Lipinski definition) is 0. The Morgan fingerprint density at radius 1 is 1.10 bits per heavy atom. The monoisotopic (exact) mass is 436 g/mol. The van der Waals surface area contributed by atoms with Crippen molar-refractivity contribution in [2.45, 2.75) is 40.5 Å². The number of piperazine rings is 1. The molecule has 1 saturated heterocycles. The molecule has 1 aliphatic heterocycles. The van der Waals surface area contributed by atoms with Gasteiger partial charge in [0.1, 0.15) is 0 Å². The number of likely N-dealkylation sites (N-methyl/N-ethyl adjacent to an activating group) is 1. The summed E-state index contributed by atoms with van der Waals surface area (Å²) in [5.41, 5.74) is 3.39. The summed E-state index contributed by atoms with van der Waals surface area (Å²) < 4.78 is 1.87. The molecular formula is C22H30Cl2N4O. The van der Waals surface area contributed by atoms with Crippen molar-refractivity contribution in [2.24, 2.45) is 5.92 Å². The highest BCUT2D eigenvalue weighted by molar-refractivity contribution is 6.42. The zero-order valence-electron chi connectivity index (χ0n) is 17.7. The second kappa shape index (κ2) is 9.50. The van der Waals surface area contributed by atoms with Gasteiger partial charge in [-0.15, -0.1) is 0 Å². The summed E-state index contributed by atoms with van der Waals surface area (Å²) in [6, 6.07) is 5.48. The lowest BCUT2D eigenvalue weighted by Gasteiger charge is -2.34. The fraction of sp³-hybridized carbons (Fsp3) is 0.545. The molecular weight excluding hydrogens is 407 g/mol. The lowest BCUT2D eigenvalue weighted by Crippen LogP contribution is -2.48. The second-order valence-corrected chi connectivity index (χ2v) is 8.77. The molecule has 2 aromatic rings. The van der Waals surface area contributed by atoms with E-state index in [1.807, 2.05) is 21.7 Å². The van der Waals surface area contributed by atoms with Gasteiger partial charge >= 0.3 is 0 Å². The molecule has 0 radical (unpaired) electrons. The third-order valence-electron chi connectivity index (χ3n) is 5.46. The standard InChI is InChI=1S/C22H30Cl2N4O/c1-5-20-21(22(29)27-11-9-26(6-2)10-12-27)19(13-15(3)4)25-28(20)16-7-8-17(23)18(24)14-16/h7-8,14-15H,5-6,9-13H2,1-4H3. The Labute approximate surface area is 183 Å². The molecule has 7 heteroatoms. The molecule has 1 amide bonds. The molecule has 29 heavy (non-hydrogen) atoms. The van der Waals surface area contributed by atoms with Gasteiger partial charge in [0, 0.05) is 26.2 Å². The van der Waals surface area contributed by atoms with E-state index in [1.54, 1.807) is 6.07 Å². The number of rotatable bonds is 6. The zero-order valence-corrected chi connectivity index (χ0v) is 19.2. The molecule has 0 unspecified atom stereocenters. The number of amides is 1. The average molecular weight is 437 g/mol. The number of hydrogen-bond acceptors (Lipinski definition) is 3. The van der Waals surface area contributed by atoms with Gasteiger partial charge in [0.05, 0.1) is 32.7 Å². The average Bonchev–Trinajstić information content (AvgIpc) is 3.07. The normalized spacial score (nSPS) is 15.3. The van der Waals surface area contributed by atoms with Gasteiger partial charge in [0.15, 0.2) is 0 Å². The van der Waals surface area contributed by atoms with E-state index in [1.165, 1.54) is 0 Å². The molecule has 1 aromatic heterocycles. The molecule has 0 aliphatic carbocycles. The van der Waals surface area contributed by atoms with Gasteiger partial charge < -0.3 is 9.80 Å². The van der Waals surface area contributed by atoms with Gasteiger partial charge in [-0.05, 0) is 43.5 Å². The van der Waals surface area contributed by atoms with E-state index in [-0.39, 0.29) is 5.91 Å². The number of nitrogens with zero attached hydrogens (tertiary/aromatic N) is 4. The van der Waals surface area contributed by atoms with Crippen molar-refractivity contribution in [1.29, 1.82) is 0 Å². The summed E-state index contributed by atoms with van der Waals surface area (Å²) in [6.45, 7) is 12.9. The van der Waals surface area contributed by atoms with Gasteiger partial charge in [-0.3, -0.25) is 4.79 Å². The molecule has 0 bridgehead atoms. The molecule has 158 valence electrons.